The number of benzene rings is 1. The third-order valence-electron chi connectivity index (χ3n) is 3.15. The molecule has 24 heavy (non-hydrogen) atoms. The zero-order valence-electron chi connectivity index (χ0n) is 14.5. The number of amides is 1. The molecule has 132 valence electrons. The highest BCUT2D eigenvalue weighted by molar-refractivity contribution is 7.99. The van der Waals surface area contributed by atoms with Gasteiger partial charge in [0.15, 0.2) is 0 Å². The first-order valence-corrected chi connectivity index (χ1v) is 8.94. The number of nitrogens with zero attached hydrogens (tertiary/aromatic N) is 1. The Bertz CT molecular complexity index is 600. The van der Waals surface area contributed by atoms with Crippen LogP contribution in [0.15, 0.2) is 29.2 Å². The lowest BCUT2D eigenvalue weighted by atomic mass is 10.2. The molecule has 1 aromatic carbocycles. The van der Waals surface area contributed by atoms with Gasteiger partial charge in [0.1, 0.15) is 0 Å². The molecule has 0 saturated carbocycles. The average Bonchev–Trinajstić information content (AvgIpc) is 2.63. The molecular weight excluding hydrogens is 328 g/mol. The molecule has 2 rings (SSSR count). The second kappa shape index (κ2) is 8.00. The van der Waals surface area contributed by atoms with Gasteiger partial charge in [-0.15, -0.1) is 11.8 Å². The topological polar surface area (TPSA) is 67.9 Å². The van der Waals surface area contributed by atoms with Crippen LogP contribution < -0.4 is 10.4 Å². The molecule has 1 amide bonds. The van der Waals surface area contributed by atoms with E-state index in [1.54, 1.807) is 18.7 Å². The van der Waals surface area contributed by atoms with Crippen LogP contribution in [0.5, 0.6) is 0 Å². The quantitative estimate of drug-likeness (QED) is 0.821. The molecule has 0 spiro atoms. The van der Waals surface area contributed by atoms with Gasteiger partial charge in [-0.1, -0.05) is 12.1 Å². The molecule has 6 nitrogen and oxygen atoms in total. The van der Waals surface area contributed by atoms with Crippen LogP contribution in [0.2, 0.25) is 0 Å². The Morgan fingerprint density at radius 1 is 1.38 bits per heavy atom. The van der Waals surface area contributed by atoms with Gasteiger partial charge in [0.25, 0.3) is 5.91 Å². The lowest BCUT2D eigenvalue weighted by molar-refractivity contribution is -0.142. The minimum Gasteiger partial charge on any atom is -0.465 e. The van der Waals surface area contributed by atoms with Crippen molar-refractivity contribution >= 4 is 29.3 Å². The standard InChI is InChI=1S/C17H24N2O4S/c1-5-22-15(20)10-18-12-11-24-14-9-7-6-8-13(14)19(16(12)21)23-17(2,3)4/h6-9,12,18H,5,10-11H2,1-4H3. The minimum absolute atomic E-state index is 0.00941. The van der Waals surface area contributed by atoms with Gasteiger partial charge in [-0.3, -0.25) is 19.7 Å². The molecule has 0 radical (unpaired) electrons. The van der Waals surface area contributed by atoms with Gasteiger partial charge in [-0.25, -0.2) is 0 Å². The van der Waals surface area contributed by atoms with Gasteiger partial charge in [-0.05, 0) is 39.8 Å². The Morgan fingerprint density at radius 3 is 2.75 bits per heavy atom. The van der Waals surface area contributed by atoms with Crippen LogP contribution in [-0.2, 0) is 19.2 Å². The van der Waals surface area contributed by atoms with Gasteiger partial charge < -0.3 is 4.74 Å². The van der Waals surface area contributed by atoms with E-state index >= 15 is 0 Å². The molecule has 0 bridgehead atoms. The van der Waals surface area contributed by atoms with Crippen molar-refractivity contribution in [2.75, 3.05) is 24.0 Å². The maximum Gasteiger partial charge on any atom is 0.319 e. The van der Waals surface area contributed by atoms with Crippen molar-refractivity contribution in [3.63, 3.8) is 0 Å². The third kappa shape index (κ3) is 4.96. The number of thioether (sulfide) groups is 1. The van der Waals surface area contributed by atoms with Gasteiger partial charge in [0.2, 0.25) is 0 Å². The SMILES string of the molecule is CCOC(=O)CNC1CSc2ccccc2N(OC(C)(C)C)C1=O. The summed E-state index contributed by atoms with van der Waals surface area (Å²) in [5.74, 6) is -0.0776. The van der Waals surface area contributed by atoms with Crippen molar-refractivity contribution in [3.8, 4) is 0 Å². The van der Waals surface area contributed by atoms with Gasteiger partial charge >= 0.3 is 5.97 Å². The maximum absolute atomic E-state index is 12.9. The van der Waals surface area contributed by atoms with Crippen LogP contribution in [0.1, 0.15) is 27.7 Å². The van der Waals surface area contributed by atoms with Crippen LogP contribution in [-0.4, -0.2) is 42.4 Å². The molecule has 1 aromatic rings. The fourth-order valence-electron chi connectivity index (χ4n) is 2.18. The number of para-hydroxylation sites is 1. The number of ether oxygens (including phenoxy) is 1. The summed E-state index contributed by atoms with van der Waals surface area (Å²) in [6.45, 7) is 7.73. The number of rotatable bonds is 5. The molecule has 1 heterocycles. The number of esters is 1. The van der Waals surface area contributed by atoms with Crippen LogP contribution in [0.25, 0.3) is 0 Å². The molecule has 1 aliphatic heterocycles. The number of fused-ring (bicyclic) bond motifs is 1. The summed E-state index contributed by atoms with van der Waals surface area (Å²) in [5, 5.41) is 4.33. The van der Waals surface area contributed by atoms with Gasteiger partial charge in [0.05, 0.1) is 30.5 Å². The van der Waals surface area contributed by atoms with Crippen LogP contribution in [0.4, 0.5) is 5.69 Å². The second-order valence-corrected chi connectivity index (χ2v) is 7.42. The first-order valence-electron chi connectivity index (χ1n) is 7.95. The molecule has 0 fully saturated rings. The molecule has 1 N–H and O–H groups in total. The van der Waals surface area contributed by atoms with Crippen molar-refractivity contribution in [2.24, 2.45) is 0 Å². The molecule has 0 aliphatic carbocycles. The van der Waals surface area contributed by atoms with Crippen molar-refractivity contribution in [1.29, 1.82) is 0 Å². The predicted octanol–water partition coefficient (Wildman–Crippen LogP) is 2.38. The summed E-state index contributed by atoms with van der Waals surface area (Å²) in [5.41, 5.74) is 0.201. The molecule has 1 atom stereocenters. The van der Waals surface area contributed by atoms with Crippen LogP contribution in [0, 0.1) is 0 Å². The van der Waals surface area contributed by atoms with Gasteiger partial charge in [0, 0.05) is 10.6 Å². The lowest BCUT2D eigenvalue weighted by Crippen LogP contribution is -2.50. The highest BCUT2D eigenvalue weighted by Gasteiger charge is 2.34. The zero-order valence-corrected chi connectivity index (χ0v) is 15.3. The zero-order chi connectivity index (χ0) is 17.7. The monoisotopic (exact) mass is 352 g/mol. The molecular formula is C17H24N2O4S. The fourth-order valence-corrected chi connectivity index (χ4v) is 3.26. The Morgan fingerprint density at radius 2 is 2.08 bits per heavy atom. The Kier molecular flexibility index (Phi) is 6.26. The van der Waals surface area contributed by atoms with Crippen molar-refractivity contribution in [1.82, 2.24) is 5.32 Å². The molecule has 1 unspecified atom stereocenters. The summed E-state index contributed by atoms with van der Waals surface area (Å²) in [6.07, 6.45) is 0. The Labute approximate surface area is 146 Å². The van der Waals surface area contributed by atoms with Crippen molar-refractivity contribution < 1.29 is 19.2 Å². The highest BCUT2D eigenvalue weighted by Crippen LogP contribution is 2.35. The highest BCUT2D eigenvalue weighted by atomic mass is 32.2. The Hall–Kier alpha value is -1.57. The van der Waals surface area contributed by atoms with E-state index in [4.69, 9.17) is 9.57 Å². The summed E-state index contributed by atoms with van der Waals surface area (Å²) >= 11 is 1.56. The van der Waals surface area contributed by atoms with E-state index in [2.05, 4.69) is 5.32 Å². The second-order valence-electron chi connectivity index (χ2n) is 6.35. The molecule has 7 heteroatoms. The fraction of sp³-hybridized carbons (Fsp3) is 0.529. The van der Waals surface area contributed by atoms with E-state index in [9.17, 15) is 9.59 Å². The summed E-state index contributed by atoms with van der Waals surface area (Å²) < 4.78 is 4.90. The number of hydroxylamine groups is 1. The van der Waals surface area contributed by atoms with Crippen molar-refractivity contribution in [3.05, 3.63) is 24.3 Å². The first-order chi connectivity index (χ1) is 11.3. The smallest absolute Gasteiger partial charge is 0.319 e. The number of nitrogens with one attached hydrogen (secondary N) is 1. The Balaban J connectivity index is 2.20. The number of carbonyl (C=O) groups is 2. The van der Waals surface area contributed by atoms with E-state index in [1.165, 1.54) is 5.06 Å². The third-order valence-corrected chi connectivity index (χ3v) is 4.31. The van der Waals surface area contributed by atoms with Crippen molar-refractivity contribution in [2.45, 2.75) is 44.2 Å². The maximum atomic E-state index is 12.9. The summed E-state index contributed by atoms with van der Waals surface area (Å²) in [4.78, 5) is 31.4. The average molecular weight is 352 g/mol. The summed E-state index contributed by atoms with van der Waals surface area (Å²) in [6, 6.07) is 7.09. The minimum atomic E-state index is -0.533. The van der Waals surface area contributed by atoms with E-state index in [-0.39, 0.29) is 18.4 Å². The number of carbonyl (C=O) groups excluding carboxylic acids is 2. The summed E-state index contributed by atoms with van der Waals surface area (Å²) in [7, 11) is 0. The molecule has 1 aliphatic rings. The van der Waals surface area contributed by atoms with E-state index in [0.29, 0.717) is 12.4 Å². The van der Waals surface area contributed by atoms with Gasteiger partial charge in [-0.2, -0.15) is 5.06 Å². The molecule has 0 aromatic heterocycles. The van der Waals surface area contributed by atoms with E-state index < -0.39 is 11.6 Å². The largest absolute Gasteiger partial charge is 0.465 e. The number of hydrogen-bond acceptors (Lipinski definition) is 6. The number of anilines is 1. The molecule has 0 saturated heterocycles. The normalized spacial score (nSPS) is 18.1. The first kappa shape index (κ1) is 18.8. The van der Waals surface area contributed by atoms with Crippen LogP contribution >= 0.6 is 11.8 Å². The predicted molar refractivity (Wildman–Crippen MR) is 93.9 cm³/mol. The van der Waals surface area contributed by atoms with Crippen LogP contribution in [0.3, 0.4) is 0 Å². The van der Waals surface area contributed by atoms with E-state index in [1.807, 2.05) is 45.0 Å². The lowest BCUT2D eigenvalue weighted by Gasteiger charge is -2.31. The number of hydrogen-bond donors (Lipinski definition) is 1. The van der Waals surface area contributed by atoms with E-state index in [0.717, 1.165) is 10.6 Å².